The molecule has 0 unspecified atom stereocenters. The molecule has 0 aliphatic heterocycles. The van der Waals surface area contributed by atoms with E-state index in [1.54, 1.807) is 12.1 Å². The van der Waals surface area contributed by atoms with Crippen molar-refractivity contribution in [2.24, 2.45) is 11.8 Å². The number of halogens is 1. The second-order valence-electron chi connectivity index (χ2n) is 6.01. The molecule has 0 saturated carbocycles. The molecule has 0 saturated heterocycles. The van der Waals surface area contributed by atoms with Crippen LogP contribution in [0.2, 0.25) is 5.02 Å². The quantitative estimate of drug-likeness (QED) is 0.601. The molecule has 1 nitrogen and oxygen atoms in total. The number of nitriles is 1. The molecule has 0 bridgehead atoms. The van der Waals surface area contributed by atoms with Crippen molar-refractivity contribution in [3.63, 3.8) is 0 Å². The van der Waals surface area contributed by atoms with Crippen molar-refractivity contribution in [2.45, 2.75) is 61.3 Å². The van der Waals surface area contributed by atoms with E-state index in [9.17, 15) is 0 Å². The molecular weight excluding hydrogens is 266 g/mol. The molecule has 0 aromatic heterocycles. The third-order valence-electron chi connectivity index (χ3n) is 2.11. The molecular formula is C18H30ClN. The molecule has 0 aliphatic rings. The van der Waals surface area contributed by atoms with Gasteiger partial charge in [-0.25, -0.2) is 0 Å². The van der Waals surface area contributed by atoms with E-state index in [0.717, 1.165) is 17.4 Å². The summed E-state index contributed by atoms with van der Waals surface area (Å²) in [5.41, 5.74) is 1.61. The lowest BCUT2D eigenvalue weighted by molar-refractivity contribution is 0.576. The minimum atomic E-state index is 0.530. The Morgan fingerprint density at radius 2 is 1.65 bits per heavy atom. The number of nitrogens with zero attached hydrogens (tertiary/aromatic N) is 1. The fourth-order valence-electron chi connectivity index (χ4n) is 1.29. The van der Waals surface area contributed by atoms with E-state index in [1.807, 2.05) is 19.1 Å². The van der Waals surface area contributed by atoms with Crippen LogP contribution in [0.4, 0.5) is 0 Å². The van der Waals surface area contributed by atoms with Crippen molar-refractivity contribution < 1.29 is 0 Å². The SMILES string of the molecule is CC(C)C.CCCC(C)C.Cc1ccc(C#N)c(Cl)c1. The van der Waals surface area contributed by atoms with Crippen LogP contribution in [0.3, 0.4) is 0 Å². The van der Waals surface area contributed by atoms with Gasteiger partial charge in [0, 0.05) is 0 Å². The number of benzene rings is 1. The molecule has 0 amide bonds. The first-order valence-electron chi connectivity index (χ1n) is 7.40. The van der Waals surface area contributed by atoms with Crippen LogP contribution in [0.5, 0.6) is 0 Å². The lowest BCUT2D eigenvalue weighted by Gasteiger charge is -1.95. The van der Waals surface area contributed by atoms with Crippen molar-refractivity contribution in [1.82, 2.24) is 0 Å². The minimum Gasteiger partial charge on any atom is -0.192 e. The van der Waals surface area contributed by atoms with E-state index in [1.165, 1.54) is 12.8 Å². The molecule has 0 aliphatic carbocycles. The van der Waals surface area contributed by atoms with Crippen LogP contribution in [-0.2, 0) is 0 Å². The van der Waals surface area contributed by atoms with Gasteiger partial charge in [-0.1, -0.05) is 72.1 Å². The van der Waals surface area contributed by atoms with Crippen molar-refractivity contribution in [1.29, 1.82) is 5.26 Å². The zero-order chi connectivity index (χ0) is 16.1. The van der Waals surface area contributed by atoms with E-state index < -0.39 is 0 Å². The Kier molecular flexibility index (Phi) is 13.9. The Hall–Kier alpha value is -1.00. The average Bonchev–Trinajstić information content (AvgIpc) is 2.28. The Morgan fingerprint density at radius 1 is 1.15 bits per heavy atom. The maximum Gasteiger partial charge on any atom is 0.101 e. The van der Waals surface area contributed by atoms with Gasteiger partial charge in [-0.15, -0.1) is 0 Å². The summed E-state index contributed by atoms with van der Waals surface area (Å²) < 4.78 is 0. The van der Waals surface area contributed by atoms with E-state index in [4.69, 9.17) is 16.9 Å². The summed E-state index contributed by atoms with van der Waals surface area (Å²) in [4.78, 5) is 0. The second kappa shape index (κ2) is 13.0. The van der Waals surface area contributed by atoms with Gasteiger partial charge in [0.1, 0.15) is 6.07 Å². The van der Waals surface area contributed by atoms with E-state index >= 15 is 0 Å². The molecule has 1 aromatic rings. The standard InChI is InChI=1S/C8H6ClN.C6H14.C4H10/c1-6-2-3-7(5-10)8(9)4-6;1-4-5-6(2)3;1-4(2)3/h2-4H,1H3;6H,4-5H2,1-3H3;4H,1-3H3. The van der Waals surface area contributed by atoms with Gasteiger partial charge in [0.05, 0.1) is 10.6 Å². The van der Waals surface area contributed by atoms with Crippen LogP contribution in [0.15, 0.2) is 18.2 Å². The summed E-state index contributed by atoms with van der Waals surface area (Å²) in [5.74, 6) is 1.73. The maximum atomic E-state index is 8.47. The van der Waals surface area contributed by atoms with Crippen molar-refractivity contribution in [2.75, 3.05) is 0 Å². The molecule has 0 fully saturated rings. The summed E-state index contributed by atoms with van der Waals surface area (Å²) >= 11 is 5.71. The molecule has 1 aromatic carbocycles. The van der Waals surface area contributed by atoms with Gasteiger partial charge in [-0.2, -0.15) is 5.26 Å². The highest BCUT2D eigenvalue weighted by Gasteiger charge is 1.96. The summed E-state index contributed by atoms with van der Waals surface area (Å²) in [6, 6.07) is 7.35. The summed E-state index contributed by atoms with van der Waals surface area (Å²) in [6.07, 6.45) is 2.71. The third-order valence-corrected chi connectivity index (χ3v) is 2.42. The Morgan fingerprint density at radius 3 is 1.90 bits per heavy atom. The first kappa shape index (κ1) is 21.3. The third kappa shape index (κ3) is 15.1. The van der Waals surface area contributed by atoms with Crippen LogP contribution in [0.25, 0.3) is 0 Å². The van der Waals surface area contributed by atoms with E-state index in [0.29, 0.717) is 10.6 Å². The van der Waals surface area contributed by atoms with Crippen LogP contribution < -0.4 is 0 Å². The van der Waals surface area contributed by atoms with Gasteiger partial charge in [0.15, 0.2) is 0 Å². The van der Waals surface area contributed by atoms with Gasteiger partial charge in [0.25, 0.3) is 0 Å². The van der Waals surface area contributed by atoms with Crippen LogP contribution in [-0.4, -0.2) is 0 Å². The van der Waals surface area contributed by atoms with Gasteiger partial charge in [-0.3, -0.25) is 0 Å². The summed E-state index contributed by atoms with van der Waals surface area (Å²) in [7, 11) is 0. The normalized spacial score (nSPS) is 9.25. The second-order valence-corrected chi connectivity index (χ2v) is 6.42. The molecule has 114 valence electrons. The Labute approximate surface area is 131 Å². The first-order valence-corrected chi connectivity index (χ1v) is 7.78. The zero-order valence-corrected chi connectivity index (χ0v) is 14.9. The topological polar surface area (TPSA) is 23.8 Å². The predicted octanol–water partition coefficient (Wildman–Crippen LogP) is 6.62. The highest BCUT2D eigenvalue weighted by atomic mass is 35.5. The summed E-state index contributed by atoms with van der Waals surface area (Å²) in [6.45, 7) is 15.2. The zero-order valence-electron chi connectivity index (χ0n) is 14.1. The number of hydrogen-bond acceptors (Lipinski definition) is 1. The monoisotopic (exact) mass is 295 g/mol. The first-order chi connectivity index (χ1) is 9.24. The van der Waals surface area contributed by atoms with Gasteiger partial charge in [0.2, 0.25) is 0 Å². The maximum absolute atomic E-state index is 8.47. The van der Waals surface area contributed by atoms with Crippen molar-refractivity contribution in [3.8, 4) is 6.07 Å². The van der Waals surface area contributed by atoms with Crippen LogP contribution >= 0.6 is 11.6 Å². The smallest absolute Gasteiger partial charge is 0.101 e. The van der Waals surface area contributed by atoms with Crippen LogP contribution in [0.1, 0.15) is 65.5 Å². The van der Waals surface area contributed by atoms with Gasteiger partial charge >= 0.3 is 0 Å². The highest BCUT2D eigenvalue weighted by Crippen LogP contribution is 2.15. The molecule has 20 heavy (non-hydrogen) atoms. The predicted molar refractivity (Wildman–Crippen MR) is 91.2 cm³/mol. The van der Waals surface area contributed by atoms with Crippen LogP contribution in [0, 0.1) is 30.1 Å². The Bertz CT molecular complexity index is 386. The molecule has 0 atom stereocenters. The highest BCUT2D eigenvalue weighted by molar-refractivity contribution is 6.31. The largest absolute Gasteiger partial charge is 0.192 e. The number of rotatable bonds is 2. The van der Waals surface area contributed by atoms with Gasteiger partial charge in [-0.05, 0) is 36.5 Å². The number of aryl methyl sites for hydroxylation is 1. The molecule has 1 rings (SSSR count). The molecule has 2 heteroatoms. The van der Waals surface area contributed by atoms with E-state index in [2.05, 4.69) is 41.5 Å². The molecule has 0 heterocycles. The molecule has 0 radical (unpaired) electrons. The number of hydrogen-bond donors (Lipinski definition) is 0. The molecule has 0 spiro atoms. The van der Waals surface area contributed by atoms with Crippen molar-refractivity contribution >= 4 is 11.6 Å². The fourth-order valence-corrected chi connectivity index (χ4v) is 1.57. The average molecular weight is 296 g/mol. The lowest BCUT2D eigenvalue weighted by Crippen LogP contribution is -1.81. The van der Waals surface area contributed by atoms with Crippen molar-refractivity contribution in [3.05, 3.63) is 34.3 Å². The summed E-state index contributed by atoms with van der Waals surface area (Å²) in [5, 5.41) is 9.00. The van der Waals surface area contributed by atoms with E-state index in [-0.39, 0.29) is 0 Å². The minimum absolute atomic E-state index is 0.530. The lowest BCUT2D eigenvalue weighted by atomic mass is 10.1. The van der Waals surface area contributed by atoms with Gasteiger partial charge < -0.3 is 0 Å². The molecule has 0 N–H and O–H groups in total. The Balaban J connectivity index is 0. The fraction of sp³-hybridized carbons (Fsp3) is 0.611.